The van der Waals surface area contributed by atoms with E-state index in [0.717, 1.165) is 5.56 Å². The van der Waals surface area contributed by atoms with Crippen LogP contribution in [0.4, 0.5) is 0 Å². The molecule has 0 unspecified atom stereocenters. The fourth-order valence-corrected chi connectivity index (χ4v) is 3.32. The minimum absolute atomic E-state index is 0.115. The van der Waals surface area contributed by atoms with E-state index in [1.807, 2.05) is 43.3 Å². The number of rotatable bonds is 4. The molecule has 3 heterocycles. The zero-order chi connectivity index (χ0) is 19.0. The summed E-state index contributed by atoms with van der Waals surface area (Å²) >= 11 is 0. The van der Waals surface area contributed by atoms with E-state index in [-0.39, 0.29) is 11.5 Å². The number of amides is 1. The quantitative estimate of drug-likeness (QED) is 0.562. The van der Waals surface area contributed by atoms with Gasteiger partial charge in [0, 0.05) is 26.3 Å². The van der Waals surface area contributed by atoms with Crippen molar-refractivity contribution < 1.29 is 4.79 Å². The van der Waals surface area contributed by atoms with Crippen molar-refractivity contribution in [3.63, 3.8) is 0 Å². The van der Waals surface area contributed by atoms with Gasteiger partial charge in [-0.15, -0.1) is 0 Å². The summed E-state index contributed by atoms with van der Waals surface area (Å²) in [5, 5.41) is 0.445. The van der Waals surface area contributed by atoms with E-state index >= 15 is 0 Å². The Morgan fingerprint density at radius 3 is 2.59 bits per heavy atom. The second-order valence-corrected chi connectivity index (χ2v) is 6.48. The second-order valence-electron chi connectivity index (χ2n) is 6.48. The number of benzene rings is 1. The van der Waals surface area contributed by atoms with Crippen molar-refractivity contribution in [2.24, 2.45) is 7.05 Å². The van der Waals surface area contributed by atoms with E-state index in [4.69, 9.17) is 0 Å². The molecule has 6 nitrogen and oxygen atoms in total. The Morgan fingerprint density at radius 2 is 1.85 bits per heavy atom. The third-order valence-electron chi connectivity index (χ3n) is 4.81. The van der Waals surface area contributed by atoms with Crippen LogP contribution in [0.5, 0.6) is 0 Å². The van der Waals surface area contributed by atoms with Crippen LogP contribution in [0.1, 0.15) is 23.0 Å². The van der Waals surface area contributed by atoms with Crippen LogP contribution >= 0.6 is 0 Å². The molecule has 3 aromatic heterocycles. The van der Waals surface area contributed by atoms with Gasteiger partial charge >= 0.3 is 0 Å². The molecule has 1 amide bonds. The summed E-state index contributed by atoms with van der Waals surface area (Å²) in [6, 6.07) is 16.9. The summed E-state index contributed by atoms with van der Waals surface area (Å²) in [4.78, 5) is 32.3. The third-order valence-corrected chi connectivity index (χ3v) is 4.81. The third kappa shape index (κ3) is 2.89. The van der Waals surface area contributed by atoms with Gasteiger partial charge in [-0.3, -0.25) is 14.0 Å². The van der Waals surface area contributed by atoms with Crippen LogP contribution in [0.15, 0.2) is 65.6 Å². The molecule has 0 saturated heterocycles. The average molecular weight is 360 g/mol. The molecule has 0 spiro atoms. The Labute approximate surface area is 156 Å². The lowest BCUT2D eigenvalue weighted by Gasteiger charge is -2.21. The molecular formula is C21H20N4O2. The zero-order valence-corrected chi connectivity index (χ0v) is 15.3. The summed E-state index contributed by atoms with van der Waals surface area (Å²) in [6.45, 7) is 3.04. The smallest absolute Gasteiger partial charge is 0.270 e. The van der Waals surface area contributed by atoms with Gasteiger partial charge in [-0.2, -0.15) is 0 Å². The van der Waals surface area contributed by atoms with E-state index in [2.05, 4.69) is 4.98 Å². The molecule has 0 aliphatic rings. The highest BCUT2D eigenvalue weighted by molar-refractivity contribution is 5.98. The number of aryl methyl sites for hydroxylation is 1. The lowest BCUT2D eigenvalue weighted by molar-refractivity contribution is 0.0743. The maximum Gasteiger partial charge on any atom is 0.270 e. The van der Waals surface area contributed by atoms with Crippen molar-refractivity contribution in [2.45, 2.75) is 13.5 Å². The Balaban J connectivity index is 1.79. The van der Waals surface area contributed by atoms with Crippen LogP contribution in [0.2, 0.25) is 0 Å². The van der Waals surface area contributed by atoms with Gasteiger partial charge in [-0.25, -0.2) is 4.98 Å². The van der Waals surface area contributed by atoms with E-state index < -0.39 is 0 Å². The van der Waals surface area contributed by atoms with Crippen LogP contribution in [-0.2, 0) is 13.6 Å². The average Bonchev–Trinajstić information content (AvgIpc) is 3.03. The number of nitrogens with zero attached hydrogens (tertiary/aromatic N) is 4. The van der Waals surface area contributed by atoms with Crippen LogP contribution in [0.3, 0.4) is 0 Å². The van der Waals surface area contributed by atoms with E-state index in [0.29, 0.717) is 35.5 Å². The Hall–Kier alpha value is -3.41. The minimum Gasteiger partial charge on any atom is -0.333 e. The summed E-state index contributed by atoms with van der Waals surface area (Å²) in [7, 11) is 1.78. The van der Waals surface area contributed by atoms with Gasteiger partial charge in [0.1, 0.15) is 17.0 Å². The summed E-state index contributed by atoms with van der Waals surface area (Å²) in [5.74, 6) is -0.115. The van der Waals surface area contributed by atoms with E-state index in [1.54, 1.807) is 40.9 Å². The number of hydrogen-bond acceptors (Lipinski definition) is 3. The first-order valence-corrected chi connectivity index (χ1v) is 8.90. The molecular weight excluding hydrogens is 340 g/mol. The molecule has 0 radical (unpaired) electrons. The standard InChI is InChI=1S/C21H20N4O2/c1-3-24(14-15-9-5-4-6-10-15)21(27)17-13-16-19(23(17)2)22-18-11-7-8-12-25(18)20(16)26/h4-13H,3,14H2,1-2H3. The van der Waals surface area contributed by atoms with Crippen LogP contribution in [0, 0.1) is 0 Å². The highest BCUT2D eigenvalue weighted by Gasteiger charge is 2.21. The molecule has 0 fully saturated rings. The predicted octanol–water partition coefficient (Wildman–Crippen LogP) is 2.85. The summed E-state index contributed by atoms with van der Waals surface area (Å²) in [6.07, 6.45) is 1.69. The predicted molar refractivity (Wildman–Crippen MR) is 105 cm³/mol. The topological polar surface area (TPSA) is 59.6 Å². The fraction of sp³-hybridized carbons (Fsp3) is 0.190. The normalized spacial score (nSPS) is 11.2. The van der Waals surface area contributed by atoms with Gasteiger partial charge in [0.05, 0.1) is 5.39 Å². The monoisotopic (exact) mass is 360 g/mol. The van der Waals surface area contributed by atoms with Gasteiger partial charge in [-0.05, 0) is 30.7 Å². The lowest BCUT2D eigenvalue weighted by atomic mass is 10.2. The first-order chi connectivity index (χ1) is 13.1. The molecule has 6 heteroatoms. The maximum atomic E-state index is 13.1. The first-order valence-electron chi connectivity index (χ1n) is 8.90. The number of fused-ring (bicyclic) bond motifs is 2. The number of carbonyl (C=O) groups is 1. The van der Waals surface area contributed by atoms with Crippen molar-refractivity contribution in [1.29, 1.82) is 0 Å². The molecule has 0 bridgehead atoms. The summed E-state index contributed by atoms with van der Waals surface area (Å²) in [5.41, 5.74) is 2.44. The summed E-state index contributed by atoms with van der Waals surface area (Å²) < 4.78 is 3.21. The molecule has 0 saturated carbocycles. The van der Waals surface area contributed by atoms with Gasteiger partial charge in [0.25, 0.3) is 11.5 Å². The Kier molecular flexibility index (Phi) is 4.24. The van der Waals surface area contributed by atoms with Crippen molar-refractivity contribution in [3.8, 4) is 0 Å². The minimum atomic E-state index is -0.170. The molecule has 0 aliphatic carbocycles. The molecule has 0 atom stereocenters. The molecule has 27 heavy (non-hydrogen) atoms. The zero-order valence-electron chi connectivity index (χ0n) is 15.3. The Bertz CT molecular complexity index is 1190. The van der Waals surface area contributed by atoms with Crippen molar-refractivity contribution in [2.75, 3.05) is 6.54 Å². The van der Waals surface area contributed by atoms with Gasteiger partial charge in [0.15, 0.2) is 0 Å². The molecule has 0 N–H and O–H groups in total. The number of carbonyl (C=O) groups excluding carboxylic acids is 1. The fourth-order valence-electron chi connectivity index (χ4n) is 3.32. The lowest BCUT2D eigenvalue weighted by Crippen LogP contribution is -2.31. The van der Waals surface area contributed by atoms with Gasteiger partial charge < -0.3 is 9.47 Å². The van der Waals surface area contributed by atoms with Crippen LogP contribution in [0.25, 0.3) is 16.7 Å². The maximum absolute atomic E-state index is 13.1. The van der Waals surface area contributed by atoms with Crippen molar-refractivity contribution >= 4 is 22.6 Å². The van der Waals surface area contributed by atoms with Crippen LogP contribution in [-0.4, -0.2) is 31.3 Å². The van der Waals surface area contributed by atoms with Crippen molar-refractivity contribution in [3.05, 3.63) is 82.4 Å². The second kappa shape index (κ2) is 6.72. The molecule has 4 rings (SSSR count). The number of hydrogen-bond donors (Lipinski definition) is 0. The van der Waals surface area contributed by atoms with Gasteiger partial charge in [0.2, 0.25) is 0 Å². The first kappa shape index (κ1) is 17.0. The van der Waals surface area contributed by atoms with Gasteiger partial charge in [-0.1, -0.05) is 36.4 Å². The molecule has 1 aromatic carbocycles. The Morgan fingerprint density at radius 1 is 1.11 bits per heavy atom. The molecule has 0 aliphatic heterocycles. The highest BCUT2D eigenvalue weighted by atomic mass is 16.2. The number of pyridine rings is 1. The number of aromatic nitrogens is 3. The van der Waals surface area contributed by atoms with Crippen LogP contribution < -0.4 is 5.56 Å². The molecule has 4 aromatic rings. The highest BCUT2D eigenvalue weighted by Crippen LogP contribution is 2.17. The largest absolute Gasteiger partial charge is 0.333 e. The SMILES string of the molecule is CCN(Cc1ccccc1)C(=O)c1cc2c(=O)n3ccccc3nc2n1C. The van der Waals surface area contributed by atoms with Crippen molar-refractivity contribution in [1.82, 2.24) is 18.9 Å². The molecule has 136 valence electrons. The van der Waals surface area contributed by atoms with E-state index in [9.17, 15) is 9.59 Å². The van der Waals surface area contributed by atoms with E-state index in [1.165, 1.54) is 4.40 Å².